The number of carbonyl (C=O) groups excluding carboxylic acids is 1. The van der Waals surface area contributed by atoms with Gasteiger partial charge >= 0.3 is 12.1 Å². The first-order valence-electron chi connectivity index (χ1n) is 7.69. The number of carboxylic acids is 1. The third-order valence-electron chi connectivity index (χ3n) is 2.96. The van der Waals surface area contributed by atoms with Crippen LogP contribution in [0, 0.1) is 0 Å². The second-order valence-electron chi connectivity index (χ2n) is 6.58. The highest BCUT2D eigenvalue weighted by Gasteiger charge is 2.20. The smallest absolute Gasteiger partial charge is 0.407 e. The zero-order valence-electron chi connectivity index (χ0n) is 14.8. The molecule has 0 spiro atoms. The van der Waals surface area contributed by atoms with Gasteiger partial charge in [0.1, 0.15) is 15.4 Å². The van der Waals surface area contributed by atoms with Crippen molar-refractivity contribution in [3.8, 4) is 0 Å². The summed E-state index contributed by atoms with van der Waals surface area (Å²) in [6.07, 6.45) is 0.976. The van der Waals surface area contributed by atoms with E-state index in [1.807, 2.05) is 0 Å². The lowest BCUT2D eigenvalue weighted by atomic mass is 10.2. The minimum atomic E-state index is -3.11. The molecule has 0 aliphatic rings. The van der Waals surface area contributed by atoms with Crippen LogP contribution in [-0.4, -0.2) is 64.7 Å². The van der Waals surface area contributed by atoms with Crippen molar-refractivity contribution in [1.29, 1.82) is 0 Å². The Morgan fingerprint density at radius 3 is 2.48 bits per heavy atom. The number of amides is 1. The highest BCUT2D eigenvalue weighted by atomic mass is 32.2. The molecule has 2 N–H and O–H groups in total. The Labute approximate surface area is 146 Å². The molecule has 0 saturated heterocycles. The number of alkyl carbamates (subject to hydrolysis) is 1. The van der Waals surface area contributed by atoms with Crippen LogP contribution in [0.5, 0.6) is 0 Å². The summed E-state index contributed by atoms with van der Waals surface area (Å²) in [7, 11) is -3.11. The number of nitrogens with one attached hydrogen (secondary N) is 1. The molecule has 11 heteroatoms. The number of carboxylic acid groups (broad SMARTS) is 1. The molecule has 0 radical (unpaired) electrons. The number of sulfone groups is 1. The molecule has 1 aromatic heterocycles. The van der Waals surface area contributed by atoms with E-state index in [2.05, 4.69) is 15.6 Å². The molecular weight excluding hydrogens is 352 g/mol. The minimum Gasteiger partial charge on any atom is -0.476 e. The molecule has 0 saturated carbocycles. The van der Waals surface area contributed by atoms with E-state index in [-0.39, 0.29) is 37.4 Å². The molecule has 0 aromatic carbocycles. The lowest BCUT2D eigenvalue weighted by Gasteiger charge is -2.19. The van der Waals surface area contributed by atoms with Crippen LogP contribution in [0.4, 0.5) is 4.79 Å². The Bertz CT molecular complexity index is 720. The first kappa shape index (κ1) is 20.9. The maximum Gasteiger partial charge on any atom is 0.407 e. The molecule has 1 amide bonds. The van der Waals surface area contributed by atoms with Gasteiger partial charge in [-0.15, -0.1) is 5.10 Å². The van der Waals surface area contributed by atoms with Crippen molar-refractivity contribution in [2.24, 2.45) is 0 Å². The zero-order valence-corrected chi connectivity index (χ0v) is 15.6. The molecule has 0 atom stereocenters. The molecule has 0 aliphatic carbocycles. The van der Waals surface area contributed by atoms with E-state index < -0.39 is 27.5 Å². The number of carbonyl (C=O) groups is 2. The first-order chi connectivity index (χ1) is 11.4. The van der Waals surface area contributed by atoms with Crippen molar-refractivity contribution in [3.63, 3.8) is 0 Å². The van der Waals surface area contributed by atoms with Crippen LogP contribution in [0.15, 0.2) is 0 Å². The molecule has 0 bridgehead atoms. The van der Waals surface area contributed by atoms with Gasteiger partial charge in [-0.25, -0.2) is 22.7 Å². The Kier molecular flexibility index (Phi) is 6.91. The van der Waals surface area contributed by atoms with E-state index in [1.54, 1.807) is 20.8 Å². The predicted molar refractivity (Wildman–Crippen MR) is 89.2 cm³/mol. The normalized spacial score (nSPS) is 12.0. The number of aryl methyl sites for hydroxylation is 1. The summed E-state index contributed by atoms with van der Waals surface area (Å²) < 4.78 is 28.8. The molecule has 0 fully saturated rings. The van der Waals surface area contributed by atoms with Crippen LogP contribution >= 0.6 is 0 Å². The summed E-state index contributed by atoms with van der Waals surface area (Å²) in [5, 5.41) is 19.1. The van der Waals surface area contributed by atoms with Gasteiger partial charge in [-0.3, -0.25) is 0 Å². The average molecular weight is 376 g/mol. The van der Waals surface area contributed by atoms with Crippen molar-refractivity contribution in [2.75, 3.05) is 18.6 Å². The molecule has 142 valence electrons. The highest BCUT2D eigenvalue weighted by Crippen LogP contribution is 2.09. The fourth-order valence-corrected chi connectivity index (χ4v) is 2.65. The molecule has 10 nitrogen and oxygen atoms in total. The van der Waals surface area contributed by atoms with E-state index in [0.717, 1.165) is 6.26 Å². The number of hydrogen-bond acceptors (Lipinski definition) is 7. The van der Waals surface area contributed by atoms with Gasteiger partial charge in [0.2, 0.25) is 0 Å². The summed E-state index contributed by atoms with van der Waals surface area (Å²) in [4.78, 5) is 22.8. The van der Waals surface area contributed by atoms with Gasteiger partial charge < -0.3 is 15.2 Å². The monoisotopic (exact) mass is 376 g/mol. The summed E-state index contributed by atoms with van der Waals surface area (Å²) in [6, 6.07) is 0. The third kappa shape index (κ3) is 7.96. The zero-order chi connectivity index (χ0) is 19.3. The Morgan fingerprint density at radius 2 is 1.96 bits per heavy atom. The second-order valence-corrected chi connectivity index (χ2v) is 8.83. The van der Waals surface area contributed by atoms with Gasteiger partial charge in [-0.1, -0.05) is 5.21 Å². The van der Waals surface area contributed by atoms with Crippen LogP contribution < -0.4 is 5.32 Å². The second kappa shape index (κ2) is 8.28. The molecule has 1 aromatic rings. The standard InChI is InChI=1S/C14H24N4O6S/c1-14(2,3)24-13(21)15-7-6-10-11(12(19)20)16-17-18(10)8-5-9-25(4,22)23/h5-9H2,1-4H3,(H,15,21)(H,19,20). The van der Waals surface area contributed by atoms with Crippen molar-refractivity contribution in [3.05, 3.63) is 11.4 Å². The van der Waals surface area contributed by atoms with Gasteiger partial charge in [0.15, 0.2) is 5.69 Å². The lowest BCUT2D eigenvalue weighted by Crippen LogP contribution is -2.34. The van der Waals surface area contributed by atoms with Gasteiger partial charge in [0, 0.05) is 25.8 Å². The third-order valence-corrected chi connectivity index (χ3v) is 3.99. The average Bonchev–Trinajstić information content (AvgIpc) is 2.78. The number of nitrogens with zero attached hydrogens (tertiary/aromatic N) is 3. The highest BCUT2D eigenvalue weighted by molar-refractivity contribution is 7.90. The Morgan fingerprint density at radius 1 is 1.32 bits per heavy atom. The van der Waals surface area contributed by atoms with Crippen molar-refractivity contribution >= 4 is 21.9 Å². The van der Waals surface area contributed by atoms with E-state index in [9.17, 15) is 23.1 Å². The van der Waals surface area contributed by atoms with Crippen LogP contribution in [0.25, 0.3) is 0 Å². The number of aromatic nitrogens is 3. The summed E-state index contributed by atoms with van der Waals surface area (Å²) in [6.45, 7) is 5.55. The largest absolute Gasteiger partial charge is 0.476 e. The van der Waals surface area contributed by atoms with Gasteiger partial charge in [0.05, 0.1) is 11.4 Å². The first-order valence-corrected chi connectivity index (χ1v) is 9.75. The SMILES string of the molecule is CC(C)(C)OC(=O)NCCc1c(C(=O)O)nnn1CCCS(C)(=O)=O. The molecule has 0 unspecified atom stereocenters. The van der Waals surface area contributed by atoms with Crippen molar-refractivity contribution < 1.29 is 27.9 Å². The number of aromatic carboxylic acids is 1. The molecular formula is C14H24N4O6S. The van der Waals surface area contributed by atoms with E-state index in [4.69, 9.17) is 4.74 Å². The van der Waals surface area contributed by atoms with Crippen LogP contribution in [0.3, 0.4) is 0 Å². The Hall–Kier alpha value is -2.17. The van der Waals surface area contributed by atoms with Gasteiger partial charge in [-0.2, -0.15) is 0 Å². The van der Waals surface area contributed by atoms with E-state index in [1.165, 1.54) is 4.68 Å². The lowest BCUT2D eigenvalue weighted by molar-refractivity contribution is 0.0528. The Balaban J connectivity index is 2.71. The van der Waals surface area contributed by atoms with E-state index >= 15 is 0 Å². The van der Waals surface area contributed by atoms with Crippen molar-refractivity contribution in [2.45, 2.75) is 45.8 Å². The fraction of sp³-hybridized carbons (Fsp3) is 0.714. The van der Waals surface area contributed by atoms with E-state index in [0.29, 0.717) is 5.69 Å². The number of rotatable bonds is 8. The number of ether oxygens (including phenoxy) is 1. The summed E-state index contributed by atoms with van der Waals surface area (Å²) >= 11 is 0. The van der Waals surface area contributed by atoms with Crippen LogP contribution in [0.1, 0.15) is 43.4 Å². The maximum absolute atomic E-state index is 11.6. The maximum atomic E-state index is 11.6. The van der Waals surface area contributed by atoms with Crippen molar-refractivity contribution in [1.82, 2.24) is 20.3 Å². The molecule has 0 aliphatic heterocycles. The molecule has 1 rings (SSSR count). The molecule has 1 heterocycles. The minimum absolute atomic E-state index is 0.0368. The quantitative estimate of drug-likeness (QED) is 0.667. The summed E-state index contributed by atoms with van der Waals surface area (Å²) in [5.41, 5.74) is -0.534. The van der Waals surface area contributed by atoms with Gasteiger partial charge in [0.25, 0.3) is 0 Å². The fourth-order valence-electron chi connectivity index (χ4n) is 2.00. The summed E-state index contributed by atoms with van der Waals surface area (Å²) in [5.74, 6) is -1.27. The molecule has 25 heavy (non-hydrogen) atoms. The topological polar surface area (TPSA) is 140 Å². The van der Waals surface area contributed by atoms with Crippen LogP contribution in [0.2, 0.25) is 0 Å². The number of hydrogen-bond donors (Lipinski definition) is 2. The predicted octanol–water partition coefficient (Wildman–Crippen LogP) is 0.478. The van der Waals surface area contributed by atoms with Gasteiger partial charge in [-0.05, 0) is 27.2 Å². The van der Waals surface area contributed by atoms with Crippen LogP contribution in [-0.2, 0) is 27.5 Å².